The third-order valence-electron chi connectivity index (χ3n) is 3.53. The zero-order valence-corrected chi connectivity index (χ0v) is 9.28. The van der Waals surface area contributed by atoms with E-state index in [1.165, 1.54) is 0 Å². The molecule has 0 spiro atoms. The van der Waals surface area contributed by atoms with Gasteiger partial charge in [-0.2, -0.15) is 0 Å². The summed E-state index contributed by atoms with van der Waals surface area (Å²) in [6.45, 7) is 0.403. The summed E-state index contributed by atoms with van der Waals surface area (Å²) in [5.74, 6) is 0.0677. The first kappa shape index (κ1) is 11.1. The average Bonchev–Trinajstić information content (AvgIpc) is 2.78. The van der Waals surface area contributed by atoms with Gasteiger partial charge in [-0.05, 0) is 18.9 Å². The van der Waals surface area contributed by atoms with E-state index < -0.39 is 5.41 Å². The largest absolute Gasteiger partial charge is 0.398 e. The maximum Gasteiger partial charge on any atom is 0.173 e. The molecule has 4 N–H and O–H groups in total. The Bertz CT molecular complexity index is 397. The molecular formula is C12H17N3O. The molecule has 4 nitrogen and oxygen atoms in total. The number of nitrogens with two attached hydrogens (primary N) is 2. The summed E-state index contributed by atoms with van der Waals surface area (Å²) in [6, 6.07) is 1.66. The smallest absolute Gasteiger partial charge is 0.173 e. The Balaban J connectivity index is 2.34. The molecule has 1 aromatic heterocycles. The third kappa shape index (κ3) is 1.69. The van der Waals surface area contributed by atoms with Crippen molar-refractivity contribution in [1.82, 2.24) is 4.98 Å². The van der Waals surface area contributed by atoms with Crippen molar-refractivity contribution in [1.29, 1.82) is 0 Å². The molecule has 0 unspecified atom stereocenters. The molecule has 1 heterocycles. The maximum atomic E-state index is 12.4. The standard InChI is InChI=1S/C12H17N3O/c13-8-12(4-1-2-5-12)11(16)9-7-15-6-3-10(9)14/h3,6-7H,1-2,4-5,8,13H2,(H2,14,15). The molecule has 2 rings (SSSR count). The van der Waals surface area contributed by atoms with Crippen LogP contribution in [0.15, 0.2) is 18.5 Å². The van der Waals surface area contributed by atoms with Crippen molar-refractivity contribution in [3.8, 4) is 0 Å². The van der Waals surface area contributed by atoms with Crippen LogP contribution in [-0.2, 0) is 0 Å². The number of aromatic nitrogens is 1. The van der Waals surface area contributed by atoms with Crippen LogP contribution in [0.2, 0.25) is 0 Å². The van der Waals surface area contributed by atoms with Gasteiger partial charge < -0.3 is 11.5 Å². The molecule has 1 aliphatic carbocycles. The highest BCUT2D eigenvalue weighted by atomic mass is 16.1. The molecule has 1 saturated carbocycles. The molecule has 0 atom stereocenters. The SMILES string of the molecule is NCC1(C(=O)c2cnccc2N)CCCC1. The topological polar surface area (TPSA) is 82.0 Å². The summed E-state index contributed by atoms with van der Waals surface area (Å²) >= 11 is 0. The number of hydrogen-bond donors (Lipinski definition) is 2. The van der Waals surface area contributed by atoms with Crippen LogP contribution < -0.4 is 11.5 Å². The van der Waals surface area contributed by atoms with E-state index in [1.54, 1.807) is 18.5 Å². The van der Waals surface area contributed by atoms with Crippen molar-refractivity contribution >= 4 is 11.5 Å². The number of nitrogen functional groups attached to an aromatic ring is 1. The van der Waals surface area contributed by atoms with Crippen LogP contribution in [0.3, 0.4) is 0 Å². The van der Waals surface area contributed by atoms with Crippen molar-refractivity contribution in [2.45, 2.75) is 25.7 Å². The van der Waals surface area contributed by atoms with Crippen molar-refractivity contribution < 1.29 is 4.79 Å². The van der Waals surface area contributed by atoms with E-state index in [0.29, 0.717) is 17.8 Å². The lowest BCUT2D eigenvalue weighted by Gasteiger charge is -2.25. The van der Waals surface area contributed by atoms with Gasteiger partial charge in [0, 0.05) is 30.0 Å². The normalized spacial score (nSPS) is 18.6. The zero-order chi connectivity index (χ0) is 11.6. The minimum absolute atomic E-state index is 0.0677. The Morgan fingerprint density at radius 1 is 1.44 bits per heavy atom. The minimum atomic E-state index is -0.392. The lowest BCUT2D eigenvalue weighted by molar-refractivity contribution is 0.0810. The van der Waals surface area contributed by atoms with E-state index in [1.807, 2.05) is 0 Å². The highest BCUT2D eigenvalue weighted by Gasteiger charge is 2.40. The van der Waals surface area contributed by atoms with Gasteiger partial charge in [0.15, 0.2) is 5.78 Å². The van der Waals surface area contributed by atoms with Crippen molar-refractivity contribution in [3.05, 3.63) is 24.0 Å². The predicted octanol–water partition coefficient (Wildman–Crippen LogP) is 1.37. The Labute approximate surface area is 95.0 Å². The molecule has 0 saturated heterocycles. The van der Waals surface area contributed by atoms with E-state index in [4.69, 9.17) is 11.5 Å². The van der Waals surface area contributed by atoms with Crippen molar-refractivity contribution in [2.24, 2.45) is 11.1 Å². The second-order valence-electron chi connectivity index (χ2n) is 4.48. The monoisotopic (exact) mass is 219 g/mol. The van der Waals surface area contributed by atoms with Gasteiger partial charge in [0.25, 0.3) is 0 Å². The van der Waals surface area contributed by atoms with Gasteiger partial charge in [-0.25, -0.2) is 0 Å². The summed E-state index contributed by atoms with van der Waals surface area (Å²) in [5, 5.41) is 0. The van der Waals surface area contributed by atoms with Gasteiger partial charge in [-0.3, -0.25) is 9.78 Å². The summed E-state index contributed by atoms with van der Waals surface area (Å²) < 4.78 is 0. The molecule has 0 radical (unpaired) electrons. The second-order valence-corrected chi connectivity index (χ2v) is 4.48. The van der Waals surface area contributed by atoms with Crippen LogP contribution >= 0.6 is 0 Å². The van der Waals surface area contributed by atoms with Crippen LogP contribution in [0.4, 0.5) is 5.69 Å². The molecule has 4 heteroatoms. The van der Waals surface area contributed by atoms with Crippen LogP contribution in [0.1, 0.15) is 36.0 Å². The summed E-state index contributed by atoms with van der Waals surface area (Å²) in [5.41, 5.74) is 12.2. The fourth-order valence-electron chi connectivity index (χ4n) is 2.46. The van der Waals surface area contributed by atoms with Gasteiger partial charge in [0.2, 0.25) is 0 Å². The fraction of sp³-hybridized carbons (Fsp3) is 0.500. The number of Topliss-reactive ketones (excluding diaryl/α,β-unsaturated/α-hetero) is 1. The van der Waals surface area contributed by atoms with E-state index in [9.17, 15) is 4.79 Å². The lowest BCUT2D eigenvalue weighted by atomic mass is 9.79. The molecule has 0 amide bonds. The van der Waals surface area contributed by atoms with E-state index >= 15 is 0 Å². The lowest BCUT2D eigenvalue weighted by Crippen LogP contribution is -2.36. The number of carbonyl (C=O) groups is 1. The zero-order valence-electron chi connectivity index (χ0n) is 9.28. The minimum Gasteiger partial charge on any atom is -0.398 e. The van der Waals surface area contributed by atoms with Gasteiger partial charge >= 0.3 is 0 Å². The number of hydrogen-bond acceptors (Lipinski definition) is 4. The van der Waals surface area contributed by atoms with Crippen molar-refractivity contribution in [3.63, 3.8) is 0 Å². The summed E-state index contributed by atoms with van der Waals surface area (Å²) in [4.78, 5) is 16.4. The average molecular weight is 219 g/mol. The number of rotatable bonds is 3. The predicted molar refractivity (Wildman–Crippen MR) is 62.9 cm³/mol. The Hall–Kier alpha value is -1.42. The number of nitrogens with zero attached hydrogens (tertiary/aromatic N) is 1. The van der Waals surface area contributed by atoms with Crippen LogP contribution in [0.25, 0.3) is 0 Å². The summed E-state index contributed by atoms with van der Waals surface area (Å²) in [6.07, 6.45) is 7.03. The van der Waals surface area contributed by atoms with E-state index in [0.717, 1.165) is 25.7 Å². The second kappa shape index (κ2) is 4.22. The molecular weight excluding hydrogens is 202 g/mol. The maximum absolute atomic E-state index is 12.4. The van der Waals surface area contributed by atoms with Gasteiger partial charge in [0.1, 0.15) is 0 Å². The van der Waals surface area contributed by atoms with E-state index in [2.05, 4.69) is 4.98 Å². The van der Waals surface area contributed by atoms with Gasteiger partial charge in [0.05, 0.1) is 5.56 Å². The Kier molecular flexibility index (Phi) is 2.92. The number of pyridine rings is 1. The molecule has 1 aromatic rings. The van der Waals surface area contributed by atoms with Crippen LogP contribution in [-0.4, -0.2) is 17.3 Å². The van der Waals surface area contributed by atoms with Crippen LogP contribution in [0.5, 0.6) is 0 Å². The molecule has 1 fully saturated rings. The molecule has 1 aliphatic rings. The van der Waals surface area contributed by atoms with Crippen molar-refractivity contribution in [2.75, 3.05) is 12.3 Å². The first-order chi connectivity index (χ1) is 7.69. The third-order valence-corrected chi connectivity index (χ3v) is 3.53. The number of carbonyl (C=O) groups excluding carboxylic acids is 1. The molecule has 0 aliphatic heterocycles. The first-order valence-electron chi connectivity index (χ1n) is 5.64. The number of ketones is 1. The van der Waals surface area contributed by atoms with E-state index in [-0.39, 0.29) is 5.78 Å². The summed E-state index contributed by atoms with van der Waals surface area (Å²) in [7, 11) is 0. The Morgan fingerprint density at radius 2 is 2.12 bits per heavy atom. The quantitative estimate of drug-likeness (QED) is 0.752. The molecule has 0 aromatic carbocycles. The Morgan fingerprint density at radius 3 is 2.69 bits per heavy atom. The molecule has 16 heavy (non-hydrogen) atoms. The van der Waals surface area contributed by atoms with Gasteiger partial charge in [-0.15, -0.1) is 0 Å². The van der Waals surface area contributed by atoms with Gasteiger partial charge in [-0.1, -0.05) is 12.8 Å². The highest BCUT2D eigenvalue weighted by molar-refractivity contribution is 6.04. The fourth-order valence-corrected chi connectivity index (χ4v) is 2.46. The van der Waals surface area contributed by atoms with Crippen LogP contribution in [0, 0.1) is 5.41 Å². The number of anilines is 1. The molecule has 86 valence electrons. The molecule has 0 bridgehead atoms. The first-order valence-corrected chi connectivity index (χ1v) is 5.64. The highest BCUT2D eigenvalue weighted by Crippen LogP contribution is 2.40.